The highest BCUT2D eigenvalue weighted by Gasteiger charge is 2.64. The molecule has 5 aliphatic rings. The van der Waals surface area contributed by atoms with E-state index < -0.39 is 47.2 Å². The molecule has 16 nitrogen and oxygen atoms in total. The van der Waals surface area contributed by atoms with Crippen molar-refractivity contribution < 1.29 is 29.3 Å². The number of rotatable bonds is 6. The third-order valence-corrected chi connectivity index (χ3v) is 11.0. The van der Waals surface area contributed by atoms with Crippen molar-refractivity contribution in [2.24, 2.45) is 18.7 Å². The van der Waals surface area contributed by atoms with Crippen LogP contribution in [-0.2, 0) is 34.9 Å². The summed E-state index contributed by atoms with van der Waals surface area (Å²) in [6, 6.07) is 3.39. The predicted octanol–water partition coefficient (Wildman–Crippen LogP) is -1.19. The topological polar surface area (TPSA) is 229 Å². The van der Waals surface area contributed by atoms with Gasteiger partial charge in [-0.15, -0.1) is 0 Å². The van der Waals surface area contributed by atoms with Crippen molar-refractivity contribution in [1.82, 2.24) is 34.6 Å². The lowest BCUT2D eigenvalue weighted by molar-refractivity contribution is -0.138. The molecule has 5 heterocycles. The summed E-state index contributed by atoms with van der Waals surface area (Å²) >= 11 is 0. The first kappa shape index (κ1) is 33.3. The Hall–Kier alpha value is -5.22. The number of hydrogen-bond donors (Lipinski definition) is 6. The van der Waals surface area contributed by atoms with E-state index in [1.54, 1.807) is 6.07 Å². The van der Waals surface area contributed by atoms with E-state index in [0.717, 1.165) is 30.0 Å². The first-order chi connectivity index (χ1) is 23.9. The number of nitrogens with two attached hydrogens (primary N) is 1. The predicted molar refractivity (Wildman–Crippen MR) is 177 cm³/mol. The molecule has 0 unspecified atom stereocenters. The Morgan fingerprint density at radius 2 is 2.00 bits per heavy atom. The fourth-order valence-corrected chi connectivity index (χ4v) is 8.50. The zero-order valence-corrected chi connectivity index (χ0v) is 27.7. The molecule has 264 valence electrons. The van der Waals surface area contributed by atoms with Crippen molar-refractivity contribution in [3.63, 3.8) is 0 Å². The minimum absolute atomic E-state index is 0.0711. The Kier molecular flexibility index (Phi) is 8.38. The largest absolute Gasteiger partial charge is 0.504 e. The molecule has 3 aromatic rings. The summed E-state index contributed by atoms with van der Waals surface area (Å²) in [7, 11) is 3.46. The van der Waals surface area contributed by atoms with Crippen molar-refractivity contribution >= 4 is 17.7 Å². The highest BCUT2D eigenvalue weighted by atomic mass is 16.5. The number of ether oxygens (including phenoxy) is 1. The maximum Gasteiger partial charge on any atom is 0.328 e. The molecule has 3 aliphatic heterocycles. The number of carbonyl (C=O) groups excluding carboxylic acids is 3. The molecule has 16 heteroatoms. The standard InChI is InChI=1S/C17H21N7O5.C17H19NO3/c1-23-13(25)6-10(22-17(23)29)15(27)21-11(5-9-7-19-8-20-9)16(28)24-4-2-3-12(24)14(18)26;1-18-7-6-17-10-3-5-13(20)16(17)21-15-12(19)4-2-9(14(15)17)8-11(10)18/h6-8,11-12H,2-5H2,1H3,(H2,18,26)(H,19,20)(H,21,27)(H,22,29);2-5,10-11,13,16,19-20H,6-8H2,1H3/t11-,12-;10-,11+,13-,16-,17-/m00/s1. The number of H-pyrrole nitrogens is 2. The third-order valence-electron chi connectivity index (χ3n) is 11.0. The van der Waals surface area contributed by atoms with Gasteiger partial charge in [0.2, 0.25) is 11.8 Å². The van der Waals surface area contributed by atoms with E-state index in [4.69, 9.17) is 10.5 Å². The minimum Gasteiger partial charge on any atom is -0.504 e. The van der Waals surface area contributed by atoms with Crippen LogP contribution in [0.3, 0.4) is 0 Å². The zero-order chi connectivity index (χ0) is 35.5. The molecule has 1 aromatic carbocycles. The summed E-state index contributed by atoms with van der Waals surface area (Å²) < 4.78 is 6.90. The highest BCUT2D eigenvalue weighted by Crippen LogP contribution is 2.62. The number of imidazole rings is 1. The van der Waals surface area contributed by atoms with Gasteiger partial charge in [-0.3, -0.25) is 23.7 Å². The number of nitrogens with zero attached hydrogens (tertiary/aromatic N) is 4. The lowest BCUT2D eigenvalue weighted by Gasteiger charge is -2.56. The number of benzene rings is 1. The molecule has 1 spiro atoms. The lowest BCUT2D eigenvalue weighted by atomic mass is 9.53. The number of aromatic hydroxyl groups is 1. The van der Waals surface area contributed by atoms with Crippen molar-refractivity contribution in [1.29, 1.82) is 0 Å². The number of hydrogen-bond acceptors (Lipinski definition) is 10. The van der Waals surface area contributed by atoms with Crippen LogP contribution in [0.4, 0.5) is 0 Å². The average Bonchev–Trinajstić information content (AvgIpc) is 3.86. The lowest BCUT2D eigenvalue weighted by Crippen LogP contribution is -2.64. The average molecular weight is 689 g/mol. The molecule has 2 aliphatic carbocycles. The van der Waals surface area contributed by atoms with E-state index in [1.165, 1.54) is 35.6 Å². The number of nitrogens with one attached hydrogen (secondary N) is 3. The summed E-state index contributed by atoms with van der Waals surface area (Å²) in [5, 5.41) is 23.2. The molecule has 3 amide bonds. The van der Waals surface area contributed by atoms with Gasteiger partial charge in [-0.25, -0.2) is 9.78 Å². The molecule has 2 fully saturated rings. The van der Waals surface area contributed by atoms with Crippen molar-refractivity contribution in [3.05, 3.63) is 86.2 Å². The SMILES string of the molecule is CN1CC[C@]23c4c5ccc(O)c4O[C@H]2[C@@H](O)C=C[C@H]3[C@H]1C5.Cn1c(=O)cc(C(=O)N[C@@H](Cc2cnc[nH]2)C(=O)N2CCC[C@H]2C(N)=O)[nH]c1=O. The Morgan fingerprint density at radius 3 is 2.72 bits per heavy atom. The van der Waals surface area contributed by atoms with Gasteiger partial charge in [-0.2, -0.15) is 0 Å². The molecule has 7 atom stereocenters. The Labute approximate surface area is 285 Å². The molecule has 2 saturated heterocycles. The summed E-state index contributed by atoms with van der Waals surface area (Å²) in [6.07, 6.45) is 9.25. The van der Waals surface area contributed by atoms with Crippen LogP contribution in [0.5, 0.6) is 11.5 Å². The molecule has 0 radical (unpaired) electrons. The zero-order valence-electron chi connectivity index (χ0n) is 27.7. The number of piperidine rings is 1. The van der Waals surface area contributed by atoms with Gasteiger partial charge in [0, 0.05) is 60.9 Å². The second-order valence-corrected chi connectivity index (χ2v) is 13.7. The van der Waals surface area contributed by atoms with Crippen LogP contribution >= 0.6 is 0 Å². The van der Waals surface area contributed by atoms with Crippen LogP contribution < -0.4 is 27.0 Å². The third kappa shape index (κ3) is 5.38. The van der Waals surface area contributed by atoms with Crippen molar-refractivity contribution in [2.45, 2.75) is 67.9 Å². The molecule has 8 rings (SSSR count). The van der Waals surface area contributed by atoms with E-state index in [0.29, 0.717) is 42.8 Å². The molecular weight excluding hydrogens is 648 g/mol. The summed E-state index contributed by atoms with van der Waals surface area (Å²) in [5.74, 6) is -0.708. The van der Waals surface area contributed by atoms with Crippen molar-refractivity contribution in [2.75, 3.05) is 20.1 Å². The Morgan fingerprint density at radius 1 is 1.20 bits per heavy atom. The number of likely N-dealkylation sites (tertiary alicyclic amines) is 2. The monoisotopic (exact) mass is 688 g/mol. The molecule has 2 bridgehead atoms. The van der Waals surface area contributed by atoms with Crippen molar-refractivity contribution in [3.8, 4) is 11.5 Å². The number of aliphatic hydroxyl groups is 1. The van der Waals surface area contributed by atoms with Crippen LogP contribution in [0, 0.1) is 5.92 Å². The summed E-state index contributed by atoms with van der Waals surface area (Å²) in [5.41, 5.74) is 6.57. The van der Waals surface area contributed by atoms with Crippen LogP contribution in [0.2, 0.25) is 0 Å². The number of aromatic amines is 2. The van der Waals surface area contributed by atoms with Gasteiger partial charge in [-0.1, -0.05) is 18.2 Å². The molecule has 50 heavy (non-hydrogen) atoms. The Balaban J connectivity index is 0.000000164. The normalized spacial score (nSPS) is 27.8. The molecule has 2 aromatic heterocycles. The number of primary amides is 1. The highest BCUT2D eigenvalue weighted by molar-refractivity contribution is 5.97. The number of phenolic OH excluding ortho intramolecular Hbond substituents is 1. The quantitative estimate of drug-likeness (QED) is 0.170. The number of likely N-dealkylation sites (N-methyl/N-ethyl adjacent to an activating group) is 1. The summed E-state index contributed by atoms with van der Waals surface area (Å²) in [4.78, 5) is 73.7. The van der Waals surface area contributed by atoms with Gasteiger partial charge in [0.15, 0.2) is 11.5 Å². The van der Waals surface area contributed by atoms with Crippen LogP contribution in [0.1, 0.15) is 46.6 Å². The van der Waals surface area contributed by atoms with Crippen LogP contribution in [-0.4, -0.2) is 108 Å². The van der Waals surface area contributed by atoms with E-state index in [2.05, 4.69) is 38.3 Å². The molecular formula is C34H40N8O8. The fraction of sp³-hybridized carbons (Fsp3) is 0.471. The Bertz CT molecular complexity index is 1960. The number of phenols is 1. The van der Waals surface area contributed by atoms with Gasteiger partial charge < -0.3 is 45.8 Å². The van der Waals surface area contributed by atoms with Crippen LogP contribution in [0.25, 0.3) is 0 Å². The summed E-state index contributed by atoms with van der Waals surface area (Å²) in [6.45, 7) is 1.35. The first-order valence-corrected chi connectivity index (χ1v) is 16.7. The van der Waals surface area contributed by atoms with E-state index in [9.17, 15) is 34.2 Å². The first-order valence-electron chi connectivity index (χ1n) is 16.7. The maximum atomic E-state index is 13.1. The van der Waals surface area contributed by atoms with E-state index in [1.807, 2.05) is 12.1 Å². The number of aliphatic hydroxyl groups excluding tert-OH is 1. The number of aromatic nitrogens is 4. The molecule has 0 saturated carbocycles. The fourth-order valence-electron chi connectivity index (χ4n) is 8.50. The number of carbonyl (C=O) groups is 3. The van der Waals surface area contributed by atoms with Gasteiger partial charge in [0.1, 0.15) is 30.0 Å². The van der Waals surface area contributed by atoms with Gasteiger partial charge >= 0.3 is 5.69 Å². The van der Waals surface area contributed by atoms with Gasteiger partial charge in [0.25, 0.3) is 11.5 Å². The second kappa shape index (κ2) is 12.6. The van der Waals surface area contributed by atoms with E-state index >= 15 is 0 Å². The van der Waals surface area contributed by atoms with Gasteiger partial charge in [-0.05, 0) is 50.9 Å². The molecule has 7 N–H and O–H groups in total. The van der Waals surface area contributed by atoms with E-state index in [-0.39, 0.29) is 29.4 Å². The smallest absolute Gasteiger partial charge is 0.328 e. The second-order valence-electron chi connectivity index (χ2n) is 13.7. The van der Waals surface area contributed by atoms with Crippen LogP contribution in [0.15, 0.2) is 52.5 Å². The minimum atomic E-state index is -1.06. The maximum absolute atomic E-state index is 13.1. The van der Waals surface area contributed by atoms with Gasteiger partial charge in [0.05, 0.1) is 6.33 Å². The number of amides is 3.